The number of anilines is 1. The van der Waals surface area contributed by atoms with Crippen LogP contribution in [0.3, 0.4) is 0 Å². The fourth-order valence-electron chi connectivity index (χ4n) is 4.31. The molecule has 0 aliphatic carbocycles. The number of nitrogens with zero attached hydrogens (tertiary/aromatic N) is 4. The molecule has 4 rings (SSSR count). The first kappa shape index (κ1) is 23.4. The molecule has 2 heterocycles. The Morgan fingerprint density at radius 3 is 2.70 bits per heavy atom. The number of hydrogen-bond donors (Lipinski definition) is 2. The lowest BCUT2D eigenvalue weighted by Gasteiger charge is -2.27. The molecule has 1 aromatic heterocycles. The number of aliphatic hydroxyl groups is 2. The van der Waals surface area contributed by atoms with E-state index >= 15 is 0 Å². The van der Waals surface area contributed by atoms with Crippen molar-refractivity contribution in [2.75, 3.05) is 18.6 Å². The van der Waals surface area contributed by atoms with Gasteiger partial charge in [-0.3, -0.25) is 9.48 Å². The van der Waals surface area contributed by atoms with Gasteiger partial charge in [0.1, 0.15) is 0 Å². The van der Waals surface area contributed by atoms with Crippen LogP contribution in [0, 0.1) is 5.92 Å². The number of carbonyl (C=O) groups excluding carboxylic acids is 1. The minimum Gasteiger partial charge on any atom is -0.395 e. The van der Waals surface area contributed by atoms with Crippen LogP contribution in [0.4, 0.5) is 5.69 Å². The molecule has 7 nitrogen and oxygen atoms in total. The maximum atomic E-state index is 12.9. The molecule has 0 fully saturated rings. The number of likely N-dealkylation sites (N-methyl/N-ethyl adjacent to an activating group) is 1. The highest BCUT2D eigenvalue weighted by Crippen LogP contribution is 2.45. The van der Waals surface area contributed by atoms with Gasteiger partial charge in [-0.05, 0) is 30.2 Å². The van der Waals surface area contributed by atoms with Crippen LogP contribution < -0.4 is 4.90 Å². The number of aromatic nitrogens is 3. The zero-order valence-electron chi connectivity index (χ0n) is 18.6. The normalized spacial score (nSPS) is 19.8. The Labute approximate surface area is 201 Å². The first-order valence-corrected chi connectivity index (χ1v) is 11.7. The first-order valence-electron chi connectivity index (χ1n) is 10.9. The topological polar surface area (TPSA) is 91.5 Å². The molecule has 0 radical (unpaired) electrons. The molecule has 0 spiro atoms. The molecule has 0 saturated heterocycles. The van der Waals surface area contributed by atoms with E-state index in [9.17, 15) is 15.0 Å². The van der Waals surface area contributed by atoms with E-state index in [1.54, 1.807) is 11.7 Å². The maximum absolute atomic E-state index is 12.9. The number of carbonyl (C=O) groups is 1. The van der Waals surface area contributed by atoms with E-state index in [1.807, 2.05) is 73.8 Å². The fourth-order valence-corrected chi connectivity index (χ4v) is 4.67. The summed E-state index contributed by atoms with van der Waals surface area (Å²) in [5.74, 6) is -0.953. The predicted molar refractivity (Wildman–Crippen MR) is 130 cm³/mol. The highest BCUT2D eigenvalue weighted by molar-refractivity contribution is 9.10. The van der Waals surface area contributed by atoms with Crippen molar-refractivity contribution < 1.29 is 15.0 Å². The molecule has 172 valence electrons. The largest absolute Gasteiger partial charge is 0.395 e. The molecule has 0 bridgehead atoms. The second kappa shape index (κ2) is 9.59. The van der Waals surface area contributed by atoms with E-state index in [-0.39, 0.29) is 18.4 Å². The van der Waals surface area contributed by atoms with Crippen molar-refractivity contribution in [3.63, 3.8) is 0 Å². The number of hydrogen-bond acceptors (Lipinski definition) is 5. The SMILES string of the molecule is C[C@@H](/C=C/CCn1cc(C(CO)c2ccccc2)nn1)[C@]1(O)C(=O)N(C)c2ccc(Br)cc21. The van der Waals surface area contributed by atoms with Crippen LogP contribution in [0.15, 0.2) is 71.4 Å². The summed E-state index contributed by atoms with van der Waals surface area (Å²) in [5, 5.41) is 29.6. The minimum atomic E-state index is -1.60. The van der Waals surface area contributed by atoms with Crippen LogP contribution in [-0.4, -0.2) is 44.8 Å². The number of allylic oxidation sites excluding steroid dienone is 1. The molecule has 1 unspecified atom stereocenters. The van der Waals surface area contributed by atoms with Crippen molar-refractivity contribution in [3.8, 4) is 0 Å². The third-order valence-corrected chi connectivity index (χ3v) is 6.76. The zero-order chi connectivity index (χ0) is 23.6. The van der Waals surface area contributed by atoms with Crippen LogP contribution in [0.5, 0.6) is 0 Å². The smallest absolute Gasteiger partial charge is 0.264 e. The van der Waals surface area contributed by atoms with Crippen molar-refractivity contribution in [3.05, 3.63) is 88.2 Å². The summed E-state index contributed by atoms with van der Waals surface area (Å²) in [7, 11) is 1.68. The Balaban J connectivity index is 1.42. The molecular formula is C25H27BrN4O3. The van der Waals surface area contributed by atoms with Gasteiger partial charge in [-0.15, -0.1) is 5.10 Å². The van der Waals surface area contributed by atoms with E-state index < -0.39 is 11.5 Å². The Bertz CT molecular complexity index is 1160. The fraction of sp³-hybridized carbons (Fsp3) is 0.320. The first-order chi connectivity index (χ1) is 15.9. The number of benzene rings is 2. The van der Waals surface area contributed by atoms with Gasteiger partial charge in [0.05, 0.1) is 23.9 Å². The lowest BCUT2D eigenvalue weighted by Crippen LogP contribution is -2.43. The Kier molecular flexibility index (Phi) is 6.78. The Morgan fingerprint density at radius 1 is 1.21 bits per heavy atom. The number of fused-ring (bicyclic) bond motifs is 1. The van der Waals surface area contributed by atoms with E-state index in [0.29, 0.717) is 18.5 Å². The summed E-state index contributed by atoms with van der Waals surface area (Å²) < 4.78 is 2.56. The van der Waals surface area contributed by atoms with Crippen LogP contribution >= 0.6 is 15.9 Å². The van der Waals surface area contributed by atoms with E-state index in [2.05, 4.69) is 26.2 Å². The highest BCUT2D eigenvalue weighted by atomic mass is 79.9. The van der Waals surface area contributed by atoms with Crippen LogP contribution in [-0.2, 0) is 16.9 Å². The third kappa shape index (κ3) is 4.38. The summed E-state index contributed by atoms with van der Waals surface area (Å²) in [6.07, 6.45) is 6.34. The van der Waals surface area contributed by atoms with Gasteiger partial charge >= 0.3 is 0 Å². The van der Waals surface area contributed by atoms with Crippen LogP contribution in [0.2, 0.25) is 0 Å². The molecule has 2 aromatic carbocycles. The maximum Gasteiger partial charge on any atom is 0.264 e. The van der Waals surface area contributed by atoms with Crippen molar-refractivity contribution in [1.82, 2.24) is 15.0 Å². The third-order valence-electron chi connectivity index (χ3n) is 6.27. The highest BCUT2D eigenvalue weighted by Gasteiger charge is 2.51. The molecule has 2 N–H and O–H groups in total. The Morgan fingerprint density at radius 2 is 1.97 bits per heavy atom. The van der Waals surface area contributed by atoms with Gasteiger partial charge in [0.25, 0.3) is 5.91 Å². The molecular weight excluding hydrogens is 484 g/mol. The number of aliphatic hydroxyl groups excluding tert-OH is 1. The van der Waals surface area contributed by atoms with Crippen molar-refractivity contribution in [1.29, 1.82) is 0 Å². The second-order valence-electron chi connectivity index (χ2n) is 8.35. The van der Waals surface area contributed by atoms with Gasteiger partial charge in [0, 0.05) is 35.7 Å². The lowest BCUT2D eigenvalue weighted by molar-refractivity contribution is -0.139. The molecule has 1 amide bonds. The number of halogens is 1. The van der Waals surface area contributed by atoms with Gasteiger partial charge in [-0.2, -0.15) is 0 Å². The van der Waals surface area contributed by atoms with E-state index in [4.69, 9.17) is 0 Å². The summed E-state index contributed by atoms with van der Waals surface area (Å²) in [6, 6.07) is 15.2. The quantitative estimate of drug-likeness (QED) is 0.451. The summed E-state index contributed by atoms with van der Waals surface area (Å²) in [5.41, 5.74) is 1.44. The van der Waals surface area contributed by atoms with Gasteiger partial charge in [0.2, 0.25) is 0 Å². The molecule has 33 heavy (non-hydrogen) atoms. The number of amides is 1. The second-order valence-corrected chi connectivity index (χ2v) is 9.27. The average molecular weight is 511 g/mol. The molecule has 0 saturated carbocycles. The van der Waals surface area contributed by atoms with Crippen molar-refractivity contribution in [2.45, 2.75) is 31.4 Å². The molecule has 3 atom stereocenters. The van der Waals surface area contributed by atoms with Gasteiger partial charge in [0.15, 0.2) is 5.60 Å². The van der Waals surface area contributed by atoms with Crippen molar-refractivity contribution in [2.24, 2.45) is 5.92 Å². The lowest BCUT2D eigenvalue weighted by atomic mass is 9.83. The van der Waals surface area contributed by atoms with Gasteiger partial charge in [-0.25, -0.2) is 0 Å². The van der Waals surface area contributed by atoms with Gasteiger partial charge in [-0.1, -0.05) is 70.6 Å². The number of rotatable bonds is 8. The molecule has 3 aromatic rings. The average Bonchev–Trinajstić information content (AvgIpc) is 3.36. The van der Waals surface area contributed by atoms with E-state index in [1.165, 1.54) is 4.90 Å². The monoisotopic (exact) mass is 510 g/mol. The van der Waals surface area contributed by atoms with Crippen LogP contribution in [0.25, 0.3) is 0 Å². The predicted octanol–water partition coefficient (Wildman–Crippen LogP) is 3.61. The summed E-state index contributed by atoms with van der Waals surface area (Å²) in [4.78, 5) is 14.4. The van der Waals surface area contributed by atoms with Crippen molar-refractivity contribution >= 4 is 27.5 Å². The summed E-state index contributed by atoms with van der Waals surface area (Å²) in [6.45, 7) is 2.40. The minimum absolute atomic E-state index is 0.0429. The molecule has 8 heteroatoms. The van der Waals surface area contributed by atoms with Crippen LogP contribution in [0.1, 0.15) is 36.1 Å². The standard InChI is InChI=1S/C25H27BrN4O3/c1-17(25(33)21-14-19(26)11-12-23(21)29(2)24(25)32)8-6-7-13-30-15-22(27-28-30)20(16-31)18-9-4-3-5-10-18/h3-6,8-12,14-15,17,20,31,33H,7,13,16H2,1-2H3/b8-6+/t17-,20?,25+/m0/s1. The molecule has 1 aliphatic rings. The summed E-state index contributed by atoms with van der Waals surface area (Å²) >= 11 is 3.44. The van der Waals surface area contributed by atoms with Gasteiger partial charge < -0.3 is 15.1 Å². The number of aryl methyl sites for hydroxylation is 1. The zero-order valence-corrected chi connectivity index (χ0v) is 20.2. The molecule has 1 aliphatic heterocycles. The van der Waals surface area contributed by atoms with E-state index in [0.717, 1.165) is 21.4 Å². The Hall–Kier alpha value is -2.81.